The number of fused-ring (bicyclic) bond motifs is 1. The van der Waals surface area contributed by atoms with E-state index in [0.717, 1.165) is 4.57 Å². The first-order chi connectivity index (χ1) is 14.3. The van der Waals surface area contributed by atoms with Gasteiger partial charge in [-0.2, -0.15) is 4.98 Å². The molecule has 0 aromatic carbocycles. The van der Waals surface area contributed by atoms with Crippen LogP contribution in [0.1, 0.15) is 33.9 Å². The van der Waals surface area contributed by atoms with Gasteiger partial charge < -0.3 is 15.2 Å². The third-order valence-electron chi connectivity index (χ3n) is 4.82. The highest BCUT2D eigenvalue weighted by atomic mass is 35.5. The Bertz CT molecular complexity index is 983. The zero-order valence-corrected chi connectivity index (χ0v) is 19.0. The van der Waals surface area contributed by atoms with E-state index in [1.54, 1.807) is 20.8 Å². The second-order valence-corrected chi connectivity index (χ2v) is 10.3. The quantitative estimate of drug-likeness (QED) is 0.268. The Hall–Kier alpha value is -1.82. The molecule has 3 heterocycles. The molecular weight excluding hydrogens is 455 g/mol. The zero-order chi connectivity index (χ0) is 23.1. The van der Waals surface area contributed by atoms with Gasteiger partial charge in [-0.15, -0.1) is 11.6 Å². The van der Waals surface area contributed by atoms with Crippen LogP contribution in [0.25, 0.3) is 0 Å². The molecule has 2 aliphatic rings. The summed E-state index contributed by atoms with van der Waals surface area (Å²) in [4.78, 5) is 38.2. The van der Waals surface area contributed by atoms with Gasteiger partial charge in [0.25, 0.3) is 0 Å². The van der Waals surface area contributed by atoms with Crippen molar-refractivity contribution in [3.8, 4) is 0 Å². The number of nitrogens with two attached hydrogens (primary N) is 1. The van der Waals surface area contributed by atoms with E-state index in [4.69, 9.17) is 35.9 Å². The maximum atomic E-state index is 13.1. The largest absolute Gasteiger partial charge is 0.406 e. The van der Waals surface area contributed by atoms with E-state index >= 15 is 0 Å². The van der Waals surface area contributed by atoms with Crippen molar-refractivity contribution in [2.75, 3.05) is 12.3 Å². The monoisotopic (exact) mass is 478 g/mol. The van der Waals surface area contributed by atoms with E-state index in [-0.39, 0.29) is 12.4 Å². The number of hydrogen-bond acceptors (Lipinski definition) is 10. The van der Waals surface area contributed by atoms with Crippen LogP contribution in [-0.2, 0) is 32.7 Å². The Morgan fingerprint density at radius 3 is 2.71 bits per heavy atom. The molecule has 2 aliphatic heterocycles. The molecule has 172 valence electrons. The van der Waals surface area contributed by atoms with E-state index in [9.17, 15) is 18.9 Å². The molecule has 14 heteroatoms. The van der Waals surface area contributed by atoms with Gasteiger partial charge in [0.05, 0.1) is 12.5 Å². The number of nitrogens with one attached hydrogen (secondary N) is 1. The summed E-state index contributed by atoms with van der Waals surface area (Å²) in [5.74, 6) is -2.12. The number of rotatable bonds is 5. The van der Waals surface area contributed by atoms with Crippen molar-refractivity contribution in [3.63, 3.8) is 0 Å². The van der Waals surface area contributed by atoms with Crippen molar-refractivity contribution >= 4 is 37.1 Å². The van der Waals surface area contributed by atoms with Crippen LogP contribution in [-0.4, -0.2) is 51.2 Å². The average Bonchev–Trinajstić information content (AvgIpc) is 2.91. The van der Waals surface area contributed by atoms with Crippen LogP contribution in [0.3, 0.4) is 0 Å². The molecule has 0 aliphatic carbocycles. The van der Waals surface area contributed by atoms with Crippen molar-refractivity contribution in [2.24, 2.45) is 5.92 Å². The van der Waals surface area contributed by atoms with E-state index in [1.807, 2.05) is 0 Å². The molecule has 2 fully saturated rings. The third kappa shape index (κ3) is 4.84. The molecule has 3 N–H and O–H groups in total. The summed E-state index contributed by atoms with van der Waals surface area (Å²) in [6.07, 6.45) is -1.33. The van der Waals surface area contributed by atoms with E-state index < -0.39 is 60.6 Å². The predicted molar refractivity (Wildman–Crippen MR) is 108 cm³/mol. The number of alkyl halides is 1. The first kappa shape index (κ1) is 23.8. The summed E-state index contributed by atoms with van der Waals surface area (Å²) in [7, 11) is -4.03. The number of carbonyl (C=O) groups is 2. The number of anilines is 1. The van der Waals surface area contributed by atoms with Crippen LogP contribution < -0.4 is 16.5 Å². The second kappa shape index (κ2) is 8.61. The van der Waals surface area contributed by atoms with Crippen LogP contribution in [0, 0.1) is 5.92 Å². The van der Waals surface area contributed by atoms with Gasteiger partial charge in [-0.25, -0.2) is 19.2 Å². The minimum atomic E-state index is -4.03. The summed E-state index contributed by atoms with van der Waals surface area (Å²) in [6.45, 7) is 5.87. The number of ether oxygens (including phenoxy) is 2. The molecule has 1 aromatic heterocycles. The SMILES string of the molecule is CC(C)C(=O)OC(=O)C(C)NP1(=O)OC[C@H]2O[C@@H](n3ccc(N)nc3=O)[C@](C)(Cl)[C@@H]2O1. The van der Waals surface area contributed by atoms with Crippen molar-refractivity contribution in [2.45, 2.75) is 57.0 Å². The molecule has 12 nitrogen and oxygen atoms in total. The van der Waals surface area contributed by atoms with Gasteiger partial charge >= 0.3 is 25.4 Å². The lowest BCUT2D eigenvalue weighted by Crippen LogP contribution is -2.47. The first-order valence-electron chi connectivity index (χ1n) is 9.49. The summed E-state index contributed by atoms with van der Waals surface area (Å²) in [5.41, 5.74) is 4.84. The number of halogens is 1. The molecule has 3 rings (SSSR count). The summed E-state index contributed by atoms with van der Waals surface area (Å²) < 4.78 is 35.7. The predicted octanol–water partition coefficient (Wildman–Crippen LogP) is 0.948. The molecule has 0 radical (unpaired) electrons. The molecule has 31 heavy (non-hydrogen) atoms. The van der Waals surface area contributed by atoms with Gasteiger partial charge in [-0.1, -0.05) is 13.8 Å². The fraction of sp³-hybridized carbons (Fsp3) is 0.647. The molecule has 2 saturated heterocycles. The Kier molecular flexibility index (Phi) is 6.62. The van der Waals surface area contributed by atoms with Gasteiger partial charge in [-0.3, -0.25) is 18.4 Å². The van der Waals surface area contributed by atoms with Crippen LogP contribution >= 0.6 is 19.3 Å². The number of nitrogen functional groups attached to an aromatic ring is 1. The fourth-order valence-electron chi connectivity index (χ4n) is 3.13. The minimum absolute atomic E-state index is 0.0399. The topological polar surface area (TPSA) is 161 Å². The standard InChI is InChI=1S/C17H24ClN4O8P/c1-8(2)13(23)29-14(24)9(3)21-31(26)27-7-10-12(30-31)17(4,18)15(28-10)22-6-5-11(19)20-16(22)25/h5-6,8-10,12,15H,7H2,1-4H3,(H,21,26)(H2,19,20,25)/t9?,10-,12-,15-,17-,31?/m1/s1. The van der Waals surface area contributed by atoms with Gasteiger partial charge in [0.1, 0.15) is 28.9 Å². The molecule has 0 saturated carbocycles. The van der Waals surface area contributed by atoms with Gasteiger partial charge in [0, 0.05) is 6.20 Å². The number of aromatic nitrogens is 2. The maximum Gasteiger partial charge on any atom is 0.406 e. The number of hydrogen-bond donors (Lipinski definition) is 2. The molecule has 0 spiro atoms. The number of nitrogens with zero attached hydrogens (tertiary/aromatic N) is 2. The first-order valence-corrected chi connectivity index (χ1v) is 11.4. The van der Waals surface area contributed by atoms with Crippen LogP contribution in [0.4, 0.5) is 5.82 Å². The lowest BCUT2D eigenvalue weighted by molar-refractivity contribution is -0.163. The molecule has 1 aromatic rings. The third-order valence-corrected chi connectivity index (χ3v) is 6.92. The van der Waals surface area contributed by atoms with Gasteiger partial charge in [-0.05, 0) is 19.9 Å². The molecule has 0 amide bonds. The highest BCUT2D eigenvalue weighted by Crippen LogP contribution is 2.57. The lowest BCUT2D eigenvalue weighted by Gasteiger charge is -2.36. The van der Waals surface area contributed by atoms with E-state index in [1.165, 1.54) is 19.2 Å². The number of esters is 2. The van der Waals surface area contributed by atoms with Crippen molar-refractivity contribution in [1.29, 1.82) is 0 Å². The zero-order valence-electron chi connectivity index (χ0n) is 17.3. The van der Waals surface area contributed by atoms with Gasteiger partial charge in [0.2, 0.25) is 0 Å². The Labute approximate surface area is 182 Å². The maximum absolute atomic E-state index is 13.1. The molecule has 0 bridgehead atoms. The van der Waals surface area contributed by atoms with Crippen molar-refractivity contribution in [1.82, 2.24) is 14.6 Å². The highest BCUT2D eigenvalue weighted by Gasteiger charge is 2.60. The Morgan fingerprint density at radius 1 is 1.42 bits per heavy atom. The Balaban J connectivity index is 1.74. The van der Waals surface area contributed by atoms with Crippen LogP contribution in [0.15, 0.2) is 17.1 Å². The average molecular weight is 479 g/mol. The molecular formula is C17H24ClN4O8P. The summed E-state index contributed by atoms with van der Waals surface area (Å²) in [5, 5.41) is 2.44. The fourth-order valence-corrected chi connectivity index (χ4v) is 5.30. The number of carbonyl (C=O) groups excluding carboxylic acids is 2. The second-order valence-electron chi connectivity index (χ2n) is 7.79. The van der Waals surface area contributed by atoms with E-state index in [0.29, 0.717) is 0 Å². The van der Waals surface area contributed by atoms with E-state index in [2.05, 4.69) is 10.1 Å². The smallest absolute Gasteiger partial charge is 0.392 e. The van der Waals surface area contributed by atoms with Crippen LogP contribution in [0.2, 0.25) is 0 Å². The molecule has 6 atom stereocenters. The summed E-state index contributed by atoms with van der Waals surface area (Å²) in [6, 6.07) is 0.239. The normalized spacial score (nSPS) is 33.7. The summed E-state index contributed by atoms with van der Waals surface area (Å²) >= 11 is 6.67. The van der Waals surface area contributed by atoms with Crippen LogP contribution in [0.5, 0.6) is 0 Å². The minimum Gasteiger partial charge on any atom is -0.392 e. The van der Waals surface area contributed by atoms with Crippen molar-refractivity contribution < 1.29 is 32.7 Å². The lowest BCUT2D eigenvalue weighted by atomic mass is 10.0. The highest BCUT2D eigenvalue weighted by molar-refractivity contribution is 7.51. The van der Waals surface area contributed by atoms with Crippen molar-refractivity contribution in [3.05, 3.63) is 22.7 Å². The Morgan fingerprint density at radius 2 is 2.10 bits per heavy atom. The van der Waals surface area contributed by atoms with Gasteiger partial charge in [0.15, 0.2) is 6.23 Å². The molecule has 2 unspecified atom stereocenters.